The number of ether oxygens (including phenoxy) is 1. The van der Waals surface area contributed by atoms with Crippen LogP contribution in [0.4, 0.5) is 24.7 Å². The number of hydrogen-bond acceptors (Lipinski definition) is 5. The van der Waals surface area contributed by atoms with E-state index in [9.17, 15) is 23.3 Å². The van der Waals surface area contributed by atoms with Crippen molar-refractivity contribution in [3.63, 3.8) is 0 Å². The molecule has 2 rings (SSSR count). The molecule has 0 saturated heterocycles. The zero-order valence-electron chi connectivity index (χ0n) is 13.5. The molecule has 0 bridgehead atoms. The molecule has 1 unspecified atom stereocenters. The lowest BCUT2D eigenvalue weighted by molar-refractivity contribution is -0.385. The molecule has 134 valence electrons. The van der Waals surface area contributed by atoms with Crippen molar-refractivity contribution < 1.29 is 22.8 Å². The summed E-state index contributed by atoms with van der Waals surface area (Å²) in [6.07, 6.45) is -3.34. The highest BCUT2D eigenvalue weighted by atomic mass is 19.4. The number of halogens is 3. The van der Waals surface area contributed by atoms with Gasteiger partial charge in [0, 0.05) is 12.7 Å². The van der Waals surface area contributed by atoms with Crippen LogP contribution in [0.25, 0.3) is 0 Å². The highest BCUT2D eigenvalue weighted by molar-refractivity contribution is 5.48. The van der Waals surface area contributed by atoms with E-state index in [-0.39, 0.29) is 12.3 Å². The van der Waals surface area contributed by atoms with E-state index in [1.54, 1.807) is 13.0 Å². The number of methoxy groups -OCH3 is 1. The number of aryl methyl sites for hydroxylation is 1. The zero-order chi connectivity index (χ0) is 18.6. The monoisotopic (exact) mass is 355 g/mol. The molecule has 2 aromatic rings. The van der Waals surface area contributed by atoms with Gasteiger partial charge in [-0.3, -0.25) is 10.1 Å². The van der Waals surface area contributed by atoms with E-state index in [0.29, 0.717) is 16.9 Å². The molecule has 0 amide bonds. The molecule has 0 aliphatic heterocycles. The van der Waals surface area contributed by atoms with E-state index in [1.165, 1.54) is 19.2 Å². The number of rotatable bonds is 6. The minimum Gasteiger partial charge on any atom is -0.382 e. The third-order valence-electron chi connectivity index (χ3n) is 3.55. The highest BCUT2D eigenvalue weighted by Crippen LogP contribution is 2.31. The number of anilines is 1. The molecule has 0 aliphatic carbocycles. The molecule has 0 saturated carbocycles. The minimum absolute atomic E-state index is 0.0963. The number of hydrogen-bond donors (Lipinski definition) is 1. The van der Waals surface area contributed by atoms with Crippen LogP contribution in [0.5, 0.6) is 0 Å². The number of aromatic nitrogens is 1. The van der Waals surface area contributed by atoms with Gasteiger partial charge in [-0.1, -0.05) is 12.1 Å². The fraction of sp³-hybridized carbons (Fsp3) is 0.312. The summed E-state index contributed by atoms with van der Waals surface area (Å²) in [5, 5.41) is 13.8. The van der Waals surface area contributed by atoms with Crippen LogP contribution in [0.15, 0.2) is 36.5 Å². The van der Waals surface area contributed by atoms with E-state index in [4.69, 9.17) is 4.74 Å². The molecule has 1 atom stereocenters. The standard InChI is InChI=1S/C16H16F3N3O3/c1-10-6-15(20-8-14(10)22(23)24)21-13(9-25-2)11-4-3-5-12(7-11)16(17,18)19/h3-8,13H,9H2,1-2H3,(H,20,21). The van der Waals surface area contributed by atoms with Gasteiger partial charge in [0.1, 0.15) is 12.0 Å². The Bertz CT molecular complexity index is 766. The highest BCUT2D eigenvalue weighted by Gasteiger charge is 2.31. The fourth-order valence-electron chi connectivity index (χ4n) is 2.32. The Morgan fingerprint density at radius 1 is 1.36 bits per heavy atom. The minimum atomic E-state index is -4.45. The molecule has 6 nitrogen and oxygen atoms in total. The molecule has 0 fully saturated rings. The summed E-state index contributed by atoms with van der Waals surface area (Å²) in [4.78, 5) is 14.2. The third kappa shape index (κ3) is 4.66. The van der Waals surface area contributed by atoms with Crippen molar-refractivity contribution >= 4 is 11.5 Å². The Morgan fingerprint density at radius 2 is 2.08 bits per heavy atom. The largest absolute Gasteiger partial charge is 0.416 e. The van der Waals surface area contributed by atoms with Gasteiger partial charge in [-0.15, -0.1) is 0 Å². The van der Waals surface area contributed by atoms with Gasteiger partial charge in [0.05, 0.1) is 23.1 Å². The van der Waals surface area contributed by atoms with E-state index in [1.807, 2.05) is 0 Å². The van der Waals surface area contributed by atoms with Crippen molar-refractivity contribution in [2.45, 2.75) is 19.1 Å². The average Bonchev–Trinajstić information content (AvgIpc) is 2.53. The molecule has 0 spiro atoms. The van der Waals surface area contributed by atoms with Gasteiger partial charge in [0.25, 0.3) is 5.69 Å². The fourth-order valence-corrected chi connectivity index (χ4v) is 2.32. The molecule has 1 aromatic heterocycles. The predicted molar refractivity (Wildman–Crippen MR) is 85.3 cm³/mol. The second-order valence-corrected chi connectivity index (χ2v) is 5.39. The molecule has 1 aromatic carbocycles. The van der Waals surface area contributed by atoms with Crippen LogP contribution in [-0.2, 0) is 10.9 Å². The number of pyridine rings is 1. The van der Waals surface area contributed by atoms with Crippen molar-refractivity contribution in [3.8, 4) is 0 Å². The lowest BCUT2D eigenvalue weighted by Crippen LogP contribution is -2.18. The van der Waals surface area contributed by atoms with Crippen LogP contribution in [0.2, 0.25) is 0 Å². The van der Waals surface area contributed by atoms with Crippen molar-refractivity contribution in [1.29, 1.82) is 0 Å². The number of alkyl halides is 3. The second-order valence-electron chi connectivity index (χ2n) is 5.39. The van der Waals surface area contributed by atoms with Crippen LogP contribution in [0, 0.1) is 17.0 Å². The lowest BCUT2D eigenvalue weighted by atomic mass is 10.0. The van der Waals surface area contributed by atoms with Crippen LogP contribution < -0.4 is 5.32 Å². The van der Waals surface area contributed by atoms with Crippen LogP contribution in [0.1, 0.15) is 22.7 Å². The summed E-state index contributed by atoms with van der Waals surface area (Å²) in [5.41, 5.74) is -0.133. The maximum atomic E-state index is 12.9. The smallest absolute Gasteiger partial charge is 0.382 e. The lowest BCUT2D eigenvalue weighted by Gasteiger charge is -2.20. The first kappa shape index (κ1) is 18.7. The van der Waals surface area contributed by atoms with Gasteiger partial charge in [-0.2, -0.15) is 13.2 Å². The predicted octanol–water partition coefficient (Wildman–Crippen LogP) is 4.12. The van der Waals surface area contributed by atoms with Crippen LogP contribution >= 0.6 is 0 Å². The Labute approximate surface area is 141 Å². The van der Waals surface area contributed by atoms with E-state index >= 15 is 0 Å². The molecule has 25 heavy (non-hydrogen) atoms. The van der Waals surface area contributed by atoms with E-state index in [2.05, 4.69) is 10.3 Å². The van der Waals surface area contributed by atoms with Gasteiger partial charge < -0.3 is 10.1 Å². The van der Waals surface area contributed by atoms with Crippen molar-refractivity contribution in [2.24, 2.45) is 0 Å². The van der Waals surface area contributed by atoms with Gasteiger partial charge >= 0.3 is 6.18 Å². The number of benzene rings is 1. The summed E-state index contributed by atoms with van der Waals surface area (Å²) in [7, 11) is 1.43. The summed E-state index contributed by atoms with van der Waals surface area (Å²) in [5.74, 6) is 0.308. The molecular formula is C16H16F3N3O3. The average molecular weight is 355 g/mol. The summed E-state index contributed by atoms with van der Waals surface area (Å²) in [6.45, 7) is 1.65. The summed E-state index contributed by atoms with van der Waals surface area (Å²) < 4.78 is 43.7. The van der Waals surface area contributed by atoms with E-state index < -0.39 is 22.7 Å². The SMILES string of the molecule is COCC(Nc1cc(C)c([N+](=O)[O-])cn1)c1cccc(C(F)(F)F)c1. The van der Waals surface area contributed by atoms with Gasteiger partial charge in [0.15, 0.2) is 0 Å². The zero-order valence-corrected chi connectivity index (χ0v) is 13.5. The van der Waals surface area contributed by atoms with Crippen molar-refractivity contribution in [1.82, 2.24) is 4.98 Å². The Balaban J connectivity index is 2.30. The maximum absolute atomic E-state index is 12.9. The van der Waals surface area contributed by atoms with E-state index in [0.717, 1.165) is 18.3 Å². The maximum Gasteiger partial charge on any atom is 0.416 e. The Kier molecular flexibility index (Phi) is 5.58. The van der Waals surface area contributed by atoms with Crippen LogP contribution in [-0.4, -0.2) is 23.6 Å². The van der Waals surface area contributed by atoms with Crippen molar-refractivity contribution in [3.05, 3.63) is 63.3 Å². The number of nitrogens with zero attached hydrogens (tertiary/aromatic N) is 2. The Morgan fingerprint density at radius 3 is 2.64 bits per heavy atom. The normalized spacial score (nSPS) is 12.7. The first-order chi connectivity index (χ1) is 11.7. The first-order valence-electron chi connectivity index (χ1n) is 7.26. The molecule has 9 heteroatoms. The Hall–Kier alpha value is -2.68. The topological polar surface area (TPSA) is 77.3 Å². The summed E-state index contributed by atoms with van der Waals surface area (Å²) >= 11 is 0. The van der Waals surface area contributed by atoms with Crippen molar-refractivity contribution in [2.75, 3.05) is 19.0 Å². The molecule has 1 N–H and O–H groups in total. The molecular weight excluding hydrogens is 339 g/mol. The van der Waals surface area contributed by atoms with Gasteiger partial charge in [-0.05, 0) is 30.7 Å². The molecule has 1 heterocycles. The van der Waals surface area contributed by atoms with Crippen LogP contribution in [0.3, 0.4) is 0 Å². The molecule has 0 radical (unpaired) electrons. The quantitative estimate of drug-likeness (QED) is 0.623. The third-order valence-corrected chi connectivity index (χ3v) is 3.55. The van der Waals surface area contributed by atoms with Gasteiger partial charge in [0.2, 0.25) is 0 Å². The second kappa shape index (κ2) is 7.47. The first-order valence-corrected chi connectivity index (χ1v) is 7.26. The number of nitro groups is 1. The molecule has 0 aliphatic rings. The van der Waals surface area contributed by atoms with Gasteiger partial charge in [-0.25, -0.2) is 4.98 Å². The number of nitrogens with one attached hydrogen (secondary N) is 1. The summed E-state index contributed by atoms with van der Waals surface area (Å²) in [6, 6.07) is 5.76.